The van der Waals surface area contributed by atoms with Crippen LogP contribution in [0.3, 0.4) is 0 Å². The molecule has 1 aliphatic rings. The summed E-state index contributed by atoms with van der Waals surface area (Å²) in [5.41, 5.74) is 8.04. The number of nitrogens with zero attached hydrogens (tertiary/aromatic N) is 6. The van der Waals surface area contributed by atoms with Gasteiger partial charge in [0.15, 0.2) is 17.2 Å². The van der Waals surface area contributed by atoms with Crippen molar-refractivity contribution in [1.29, 1.82) is 0 Å². The standard InChI is InChI=1S/C27H32N8O4/c1-16-13-30-18-8-7-17(14-34(16)18)19-20(24-29-10-12-38-24)33-22(28)21(32-19)23(36)31-15-27(5)9-6-11-35(27)25(37)39-26(2,3)4/h7-8,10,12-14H,6,9,11,15H2,1-5H3,(H2,28,33)(H,31,36). The second kappa shape index (κ2) is 9.68. The number of imidazole rings is 1. The molecular formula is C27H32N8O4. The molecule has 1 atom stereocenters. The molecule has 4 aromatic heterocycles. The number of fused-ring (bicyclic) bond motifs is 1. The molecule has 0 radical (unpaired) electrons. The van der Waals surface area contributed by atoms with E-state index < -0.39 is 23.1 Å². The van der Waals surface area contributed by atoms with Gasteiger partial charge in [0.1, 0.15) is 23.2 Å². The fraction of sp³-hybridized carbons (Fsp3) is 0.407. The van der Waals surface area contributed by atoms with Crippen molar-refractivity contribution in [3.63, 3.8) is 0 Å². The van der Waals surface area contributed by atoms with Gasteiger partial charge in [-0.15, -0.1) is 0 Å². The summed E-state index contributed by atoms with van der Waals surface area (Å²) >= 11 is 0. The van der Waals surface area contributed by atoms with Crippen LogP contribution < -0.4 is 11.1 Å². The van der Waals surface area contributed by atoms with Gasteiger partial charge in [0.2, 0.25) is 5.89 Å². The minimum Gasteiger partial charge on any atom is -0.444 e. The summed E-state index contributed by atoms with van der Waals surface area (Å²) < 4.78 is 13.0. The molecule has 0 aromatic carbocycles. The number of likely N-dealkylation sites (tertiary alicyclic amines) is 1. The summed E-state index contributed by atoms with van der Waals surface area (Å²) in [4.78, 5) is 45.6. The maximum atomic E-state index is 13.4. The molecule has 1 fully saturated rings. The number of ether oxygens (including phenoxy) is 1. The van der Waals surface area contributed by atoms with Crippen molar-refractivity contribution in [3.05, 3.63) is 48.4 Å². The van der Waals surface area contributed by atoms with Crippen LogP contribution in [0.5, 0.6) is 0 Å². The minimum absolute atomic E-state index is 0.0341. The van der Waals surface area contributed by atoms with Crippen LogP contribution in [0.1, 0.15) is 56.7 Å². The fourth-order valence-corrected chi connectivity index (χ4v) is 4.74. The van der Waals surface area contributed by atoms with E-state index in [0.717, 1.165) is 17.8 Å². The second-order valence-electron chi connectivity index (χ2n) is 11.0. The van der Waals surface area contributed by atoms with Gasteiger partial charge >= 0.3 is 6.09 Å². The first-order chi connectivity index (χ1) is 18.4. The average Bonchev–Trinajstić information content (AvgIpc) is 3.62. The molecule has 0 spiro atoms. The molecule has 1 unspecified atom stereocenters. The number of oxazole rings is 1. The highest BCUT2D eigenvalue weighted by Crippen LogP contribution is 2.32. The van der Waals surface area contributed by atoms with Crippen LogP contribution in [0, 0.1) is 6.92 Å². The lowest BCUT2D eigenvalue weighted by Gasteiger charge is -2.36. The predicted molar refractivity (Wildman–Crippen MR) is 144 cm³/mol. The molecule has 12 nitrogen and oxygen atoms in total. The zero-order chi connectivity index (χ0) is 27.9. The van der Waals surface area contributed by atoms with Crippen molar-refractivity contribution in [2.75, 3.05) is 18.8 Å². The first-order valence-electron chi connectivity index (χ1n) is 12.8. The van der Waals surface area contributed by atoms with Gasteiger partial charge in [-0.05, 0) is 59.6 Å². The number of aryl methyl sites for hydroxylation is 1. The molecule has 204 valence electrons. The van der Waals surface area contributed by atoms with E-state index >= 15 is 0 Å². The molecule has 3 N–H and O–H groups in total. The molecule has 39 heavy (non-hydrogen) atoms. The van der Waals surface area contributed by atoms with Crippen LogP contribution in [-0.2, 0) is 4.74 Å². The van der Waals surface area contributed by atoms with E-state index in [1.54, 1.807) is 11.1 Å². The molecule has 2 amide bonds. The van der Waals surface area contributed by atoms with Gasteiger partial charge in [-0.3, -0.25) is 4.79 Å². The summed E-state index contributed by atoms with van der Waals surface area (Å²) in [5.74, 6) is -0.340. The van der Waals surface area contributed by atoms with Crippen LogP contribution in [0.15, 0.2) is 41.4 Å². The van der Waals surface area contributed by atoms with Crippen LogP contribution >= 0.6 is 0 Å². The second-order valence-corrected chi connectivity index (χ2v) is 11.0. The number of carbonyl (C=O) groups is 2. The van der Waals surface area contributed by atoms with Gasteiger partial charge in [-0.25, -0.2) is 24.7 Å². The Morgan fingerprint density at radius 3 is 2.72 bits per heavy atom. The molecule has 1 saturated heterocycles. The third-order valence-electron chi connectivity index (χ3n) is 6.73. The van der Waals surface area contributed by atoms with Gasteiger partial charge in [-0.2, -0.15) is 0 Å². The zero-order valence-corrected chi connectivity index (χ0v) is 22.7. The number of carbonyl (C=O) groups excluding carboxylic acids is 2. The summed E-state index contributed by atoms with van der Waals surface area (Å²) in [7, 11) is 0. The molecule has 5 heterocycles. The summed E-state index contributed by atoms with van der Waals surface area (Å²) in [6, 6.07) is 3.69. The number of hydrogen-bond donors (Lipinski definition) is 2. The molecule has 1 aliphatic heterocycles. The topological polar surface area (TPSA) is 154 Å². The number of nitrogen functional groups attached to an aromatic ring is 1. The molecule has 0 aliphatic carbocycles. The lowest BCUT2D eigenvalue weighted by molar-refractivity contribution is 0.0106. The fourth-order valence-electron chi connectivity index (χ4n) is 4.74. The van der Waals surface area contributed by atoms with Gasteiger partial charge in [0.25, 0.3) is 5.91 Å². The largest absolute Gasteiger partial charge is 0.444 e. The minimum atomic E-state index is -0.620. The van der Waals surface area contributed by atoms with Crippen molar-refractivity contribution in [2.45, 2.75) is 58.6 Å². The summed E-state index contributed by atoms with van der Waals surface area (Å²) in [6.45, 7) is 10.1. The van der Waals surface area contributed by atoms with E-state index in [-0.39, 0.29) is 23.9 Å². The van der Waals surface area contributed by atoms with Crippen molar-refractivity contribution in [3.8, 4) is 22.8 Å². The van der Waals surface area contributed by atoms with Gasteiger partial charge in [-0.1, -0.05) is 0 Å². The van der Waals surface area contributed by atoms with Crippen molar-refractivity contribution in [2.24, 2.45) is 0 Å². The third kappa shape index (κ3) is 5.14. The summed E-state index contributed by atoms with van der Waals surface area (Å²) in [6.07, 6.45) is 7.68. The maximum Gasteiger partial charge on any atom is 0.410 e. The number of hydrogen-bond acceptors (Lipinski definition) is 9. The monoisotopic (exact) mass is 532 g/mol. The number of nitrogens with one attached hydrogen (secondary N) is 1. The Balaban J connectivity index is 1.45. The van der Waals surface area contributed by atoms with Crippen LogP contribution in [-0.4, -0.2) is 65.5 Å². The Morgan fingerprint density at radius 1 is 1.21 bits per heavy atom. The van der Waals surface area contributed by atoms with E-state index in [1.807, 2.05) is 57.3 Å². The van der Waals surface area contributed by atoms with Crippen LogP contribution in [0.4, 0.5) is 10.6 Å². The Labute approximate surface area is 225 Å². The van der Waals surface area contributed by atoms with Crippen LogP contribution in [0.25, 0.3) is 28.5 Å². The SMILES string of the molecule is Cc1cnc2ccc(-c3nc(C(=O)NCC4(C)CCCN4C(=O)OC(C)(C)C)c(N)nc3-c3ncco3)cn12. The Morgan fingerprint density at radius 2 is 2.00 bits per heavy atom. The first kappa shape index (κ1) is 26.1. The molecule has 12 heteroatoms. The molecule has 0 bridgehead atoms. The number of rotatable bonds is 5. The number of aromatic nitrogens is 5. The van der Waals surface area contributed by atoms with E-state index in [1.165, 1.54) is 12.5 Å². The zero-order valence-electron chi connectivity index (χ0n) is 22.7. The lowest BCUT2D eigenvalue weighted by Crippen LogP contribution is -2.53. The van der Waals surface area contributed by atoms with Crippen molar-refractivity contribution in [1.82, 2.24) is 34.6 Å². The van der Waals surface area contributed by atoms with Gasteiger partial charge in [0.05, 0.1) is 11.7 Å². The quantitative estimate of drug-likeness (QED) is 0.390. The van der Waals surface area contributed by atoms with Crippen LogP contribution in [0.2, 0.25) is 0 Å². The normalized spacial score (nSPS) is 17.5. The Hall–Kier alpha value is -4.48. The van der Waals surface area contributed by atoms with E-state index in [9.17, 15) is 9.59 Å². The molecule has 0 saturated carbocycles. The number of amides is 2. The Kier molecular flexibility index (Phi) is 6.49. The highest BCUT2D eigenvalue weighted by atomic mass is 16.6. The highest BCUT2D eigenvalue weighted by molar-refractivity contribution is 5.97. The molecule has 4 aromatic rings. The maximum absolute atomic E-state index is 13.4. The predicted octanol–water partition coefficient (Wildman–Crippen LogP) is 3.86. The summed E-state index contributed by atoms with van der Waals surface area (Å²) in [5, 5.41) is 2.91. The molecular weight excluding hydrogens is 500 g/mol. The first-order valence-corrected chi connectivity index (χ1v) is 12.8. The van der Waals surface area contributed by atoms with E-state index in [2.05, 4.69) is 25.3 Å². The van der Waals surface area contributed by atoms with Gasteiger partial charge < -0.3 is 29.5 Å². The van der Waals surface area contributed by atoms with E-state index in [0.29, 0.717) is 29.9 Å². The highest BCUT2D eigenvalue weighted by Gasteiger charge is 2.42. The Bertz CT molecular complexity index is 1540. The number of anilines is 1. The molecule has 5 rings (SSSR count). The third-order valence-corrected chi connectivity index (χ3v) is 6.73. The average molecular weight is 533 g/mol. The van der Waals surface area contributed by atoms with Gasteiger partial charge in [0, 0.05) is 36.7 Å². The lowest BCUT2D eigenvalue weighted by atomic mass is 9.99. The van der Waals surface area contributed by atoms with Crippen molar-refractivity contribution < 1.29 is 18.7 Å². The van der Waals surface area contributed by atoms with Crippen molar-refractivity contribution >= 4 is 23.5 Å². The number of pyridine rings is 1. The number of nitrogens with two attached hydrogens (primary N) is 1. The van der Waals surface area contributed by atoms with E-state index in [4.69, 9.17) is 14.9 Å². The smallest absolute Gasteiger partial charge is 0.410 e.